The summed E-state index contributed by atoms with van der Waals surface area (Å²) in [7, 11) is 1.37. The lowest BCUT2D eigenvalue weighted by atomic mass is 10.1. The van der Waals surface area contributed by atoms with Crippen LogP contribution in [-0.2, 0) is 16.0 Å². The highest BCUT2D eigenvalue weighted by molar-refractivity contribution is 6.31. The number of rotatable bonds is 7. The predicted octanol–water partition coefficient (Wildman–Crippen LogP) is 2.00. The van der Waals surface area contributed by atoms with Gasteiger partial charge in [-0.1, -0.05) is 29.8 Å². The van der Waals surface area contributed by atoms with Crippen molar-refractivity contribution in [1.82, 2.24) is 10.6 Å². The van der Waals surface area contributed by atoms with Gasteiger partial charge in [-0.3, -0.25) is 9.79 Å². The third kappa shape index (κ3) is 6.99. The molecule has 5 nitrogen and oxygen atoms in total. The second-order valence-corrected chi connectivity index (χ2v) is 4.76. The molecule has 0 aliphatic carbocycles. The quantitative estimate of drug-likeness (QED) is 0.459. The van der Waals surface area contributed by atoms with Gasteiger partial charge >= 0.3 is 5.97 Å². The van der Waals surface area contributed by atoms with Crippen LogP contribution in [0.25, 0.3) is 0 Å². The Balaban J connectivity index is 2.42. The van der Waals surface area contributed by atoms with Crippen molar-refractivity contribution < 1.29 is 9.53 Å². The molecule has 21 heavy (non-hydrogen) atoms. The molecule has 116 valence electrons. The van der Waals surface area contributed by atoms with E-state index in [9.17, 15) is 4.79 Å². The molecule has 0 aliphatic rings. The van der Waals surface area contributed by atoms with Crippen LogP contribution in [0.3, 0.4) is 0 Å². The molecular weight excluding hydrogens is 290 g/mol. The molecule has 1 aromatic carbocycles. The van der Waals surface area contributed by atoms with E-state index in [2.05, 4.69) is 20.4 Å². The summed E-state index contributed by atoms with van der Waals surface area (Å²) in [5, 5.41) is 7.12. The molecule has 1 rings (SSSR count). The van der Waals surface area contributed by atoms with Crippen LogP contribution < -0.4 is 10.6 Å². The van der Waals surface area contributed by atoms with Crippen LogP contribution in [0, 0.1) is 0 Å². The number of carbonyl (C=O) groups excluding carboxylic acids is 1. The van der Waals surface area contributed by atoms with E-state index >= 15 is 0 Å². The smallest absolute Gasteiger partial charge is 0.307 e. The molecule has 1 aromatic rings. The van der Waals surface area contributed by atoms with Gasteiger partial charge in [-0.25, -0.2) is 0 Å². The van der Waals surface area contributed by atoms with Gasteiger partial charge in [-0.15, -0.1) is 0 Å². The average molecular weight is 312 g/mol. The van der Waals surface area contributed by atoms with Crippen molar-refractivity contribution in [3.05, 3.63) is 34.9 Å². The topological polar surface area (TPSA) is 62.7 Å². The Morgan fingerprint density at radius 2 is 2.10 bits per heavy atom. The molecule has 6 heteroatoms. The highest BCUT2D eigenvalue weighted by Crippen LogP contribution is 2.14. The molecule has 0 saturated carbocycles. The number of hydrogen-bond acceptors (Lipinski definition) is 3. The monoisotopic (exact) mass is 311 g/mol. The van der Waals surface area contributed by atoms with E-state index in [1.807, 2.05) is 31.2 Å². The number of nitrogens with one attached hydrogen (secondary N) is 2. The van der Waals surface area contributed by atoms with Crippen LogP contribution >= 0.6 is 11.6 Å². The molecule has 0 spiro atoms. The van der Waals surface area contributed by atoms with Crippen LogP contribution in [0.4, 0.5) is 0 Å². The van der Waals surface area contributed by atoms with Crippen LogP contribution in [0.1, 0.15) is 18.9 Å². The van der Waals surface area contributed by atoms with Crippen LogP contribution in [0.15, 0.2) is 29.3 Å². The molecule has 0 heterocycles. The van der Waals surface area contributed by atoms with E-state index in [0.717, 1.165) is 23.6 Å². The Morgan fingerprint density at radius 3 is 2.76 bits per heavy atom. The van der Waals surface area contributed by atoms with Gasteiger partial charge in [0.05, 0.1) is 20.1 Å². The summed E-state index contributed by atoms with van der Waals surface area (Å²) in [4.78, 5) is 15.4. The van der Waals surface area contributed by atoms with E-state index in [4.69, 9.17) is 11.6 Å². The SMILES string of the molecule is CCNC(=NCCC(=O)OC)NCCc1ccccc1Cl. The first-order valence-corrected chi connectivity index (χ1v) is 7.37. The summed E-state index contributed by atoms with van der Waals surface area (Å²) < 4.78 is 4.58. The summed E-state index contributed by atoms with van der Waals surface area (Å²) in [5.74, 6) is 0.430. The summed E-state index contributed by atoms with van der Waals surface area (Å²) in [6, 6.07) is 7.77. The van der Waals surface area contributed by atoms with Gasteiger partial charge in [0.1, 0.15) is 0 Å². The fourth-order valence-electron chi connectivity index (χ4n) is 1.72. The normalized spacial score (nSPS) is 11.1. The Kier molecular flexibility index (Phi) is 8.28. The van der Waals surface area contributed by atoms with Gasteiger partial charge in [0.15, 0.2) is 5.96 Å². The van der Waals surface area contributed by atoms with Gasteiger partial charge in [0.2, 0.25) is 0 Å². The van der Waals surface area contributed by atoms with Crippen molar-refractivity contribution in [2.75, 3.05) is 26.7 Å². The summed E-state index contributed by atoms with van der Waals surface area (Å²) in [6.45, 7) is 3.86. The number of esters is 1. The first kappa shape index (κ1) is 17.3. The first-order valence-electron chi connectivity index (χ1n) is 6.99. The minimum atomic E-state index is -0.259. The van der Waals surface area contributed by atoms with Crippen molar-refractivity contribution >= 4 is 23.5 Å². The van der Waals surface area contributed by atoms with Crippen molar-refractivity contribution in [3.63, 3.8) is 0 Å². The molecule has 2 N–H and O–H groups in total. The fourth-order valence-corrected chi connectivity index (χ4v) is 1.95. The van der Waals surface area contributed by atoms with E-state index in [0.29, 0.717) is 19.0 Å². The zero-order valence-electron chi connectivity index (χ0n) is 12.5. The second kappa shape index (κ2) is 10.0. The van der Waals surface area contributed by atoms with Gasteiger partial charge in [-0.05, 0) is 25.0 Å². The molecule has 0 unspecified atom stereocenters. The summed E-state index contributed by atoms with van der Waals surface area (Å²) >= 11 is 6.11. The number of nitrogens with zero attached hydrogens (tertiary/aromatic N) is 1. The Hall–Kier alpha value is -1.75. The van der Waals surface area contributed by atoms with E-state index in [1.165, 1.54) is 7.11 Å². The standard InChI is InChI=1S/C15H22ClN3O2/c1-3-17-15(19-11-9-14(20)21-2)18-10-8-12-6-4-5-7-13(12)16/h4-7H,3,8-11H2,1-2H3,(H2,17,18,19). The van der Waals surface area contributed by atoms with Gasteiger partial charge in [0.25, 0.3) is 0 Å². The molecule has 0 atom stereocenters. The Labute approximate surface area is 130 Å². The highest BCUT2D eigenvalue weighted by atomic mass is 35.5. The number of methoxy groups -OCH3 is 1. The third-order valence-electron chi connectivity index (χ3n) is 2.80. The largest absolute Gasteiger partial charge is 0.469 e. The zero-order valence-corrected chi connectivity index (χ0v) is 13.2. The van der Waals surface area contributed by atoms with Gasteiger partial charge < -0.3 is 15.4 Å². The Bertz CT molecular complexity index is 478. The fraction of sp³-hybridized carbons (Fsp3) is 0.467. The molecule has 0 amide bonds. The zero-order chi connectivity index (χ0) is 15.5. The minimum Gasteiger partial charge on any atom is -0.469 e. The molecule has 0 bridgehead atoms. The maximum Gasteiger partial charge on any atom is 0.307 e. The number of ether oxygens (including phenoxy) is 1. The summed E-state index contributed by atoms with van der Waals surface area (Å²) in [6.07, 6.45) is 1.08. The van der Waals surface area contributed by atoms with Crippen molar-refractivity contribution in [2.24, 2.45) is 4.99 Å². The molecular formula is C15H22ClN3O2. The van der Waals surface area contributed by atoms with Crippen LogP contribution in [0.2, 0.25) is 5.02 Å². The highest BCUT2D eigenvalue weighted by Gasteiger charge is 2.02. The number of aliphatic imine (C=N–C) groups is 1. The van der Waals surface area contributed by atoms with Gasteiger partial charge in [0, 0.05) is 18.1 Å². The lowest BCUT2D eigenvalue weighted by molar-refractivity contribution is -0.140. The third-order valence-corrected chi connectivity index (χ3v) is 3.17. The van der Waals surface area contributed by atoms with Crippen molar-refractivity contribution in [2.45, 2.75) is 19.8 Å². The number of hydrogen-bond donors (Lipinski definition) is 2. The maximum absolute atomic E-state index is 11.0. The number of halogens is 1. The number of benzene rings is 1. The molecule has 0 aliphatic heterocycles. The average Bonchev–Trinajstić information content (AvgIpc) is 2.49. The van der Waals surface area contributed by atoms with Crippen LogP contribution in [0.5, 0.6) is 0 Å². The number of guanidine groups is 1. The minimum absolute atomic E-state index is 0.259. The molecule has 0 radical (unpaired) electrons. The lowest BCUT2D eigenvalue weighted by Gasteiger charge is -2.11. The maximum atomic E-state index is 11.0. The first-order chi connectivity index (χ1) is 10.2. The Morgan fingerprint density at radius 1 is 1.33 bits per heavy atom. The van der Waals surface area contributed by atoms with E-state index in [-0.39, 0.29) is 12.4 Å². The number of carbonyl (C=O) groups is 1. The second-order valence-electron chi connectivity index (χ2n) is 4.35. The van der Waals surface area contributed by atoms with Gasteiger partial charge in [-0.2, -0.15) is 0 Å². The molecule has 0 aromatic heterocycles. The summed E-state index contributed by atoms with van der Waals surface area (Å²) in [5.41, 5.74) is 1.09. The van der Waals surface area contributed by atoms with Crippen molar-refractivity contribution in [1.29, 1.82) is 0 Å². The molecule has 0 fully saturated rings. The molecule has 0 saturated heterocycles. The lowest BCUT2D eigenvalue weighted by Crippen LogP contribution is -2.38. The van der Waals surface area contributed by atoms with E-state index < -0.39 is 0 Å². The predicted molar refractivity (Wildman–Crippen MR) is 85.8 cm³/mol. The van der Waals surface area contributed by atoms with Crippen molar-refractivity contribution in [3.8, 4) is 0 Å². The van der Waals surface area contributed by atoms with E-state index in [1.54, 1.807) is 0 Å². The van der Waals surface area contributed by atoms with Crippen LogP contribution in [-0.4, -0.2) is 38.7 Å².